The number of carbonyl (C=O) groups is 2. The van der Waals surface area contributed by atoms with E-state index in [0.29, 0.717) is 13.2 Å². The normalized spacial score (nSPS) is 10.1. The van der Waals surface area contributed by atoms with Gasteiger partial charge in [-0.05, 0) is 5.56 Å². The summed E-state index contributed by atoms with van der Waals surface area (Å²) in [6.07, 6.45) is 0. The van der Waals surface area contributed by atoms with Gasteiger partial charge in [0.15, 0.2) is 0 Å². The summed E-state index contributed by atoms with van der Waals surface area (Å²) in [7, 11) is 3.16. The van der Waals surface area contributed by atoms with E-state index in [-0.39, 0.29) is 19.1 Å². The molecule has 0 saturated heterocycles. The number of methoxy groups -OCH3 is 1. The summed E-state index contributed by atoms with van der Waals surface area (Å²) in [4.78, 5) is 25.8. The van der Waals surface area contributed by atoms with Crippen molar-refractivity contribution >= 4 is 12.0 Å². The number of rotatable bonds is 7. The number of hydrogen-bond donors (Lipinski definition) is 1. The van der Waals surface area contributed by atoms with Crippen molar-refractivity contribution in [1.82, 2.24) is 9.80 Å². The predicted molar refractivity (Wildman–Crippen MR) is 74.4 cm³/mol. The van der Waals surface area contributed by atoms with Crippen LogP contribution in [0, 0.1) is 0 Å². The number of carboxylic acid groups (broad SMARTS) is 1. The third-order valence-electron chi connectivity index (χ3n) is 2.75. The minimum Gasteiger partial charge on any atom is -0.480 e. The van der Waals surface area contributed by atoms with Gasteiger partial charge in [0.05, 0.1) is 6.61 Å². The highest BCUT2D eigenvalue weighted by Gasteiger charge is 2.20. The first-order valence-corrected chi connectivity index (χ1v) is 6.29. The van der Waals surface area contributed by atoms with Crippen LogP contribution in [0.2, 0.25) is 0 Å². The van der Waals surface area contributed by atoms with Crippen LogP contribution < -0.4 is 0 Å². The maximum atomic E-state index is 12.2. The lowest BCUT2D eigenvalue weighted by atomic mass is 10.2. The van der Waals surface area contributed by atoms with Gasteiger partial charge in [-0.15, -0.1) is 0 Å². The summed E-state index contributed by atoms with van der Waals surface area (Å²) in [5.74, 6) is -1.04. The van der Waals surface area contributed by atoms with Crippen LogP contribution >= 0.6 is 0 Å². The van der Waals surface area contributed by atoms with Crippen molar-refractivity contribution in [1.29, 1.82) is 0 Å². The van der Waals surface area contributed by atoms with E-state index in [0.717, 1.165) is 5.56 Å². The second-order valence-electron chi connectivity index (χ2n) is 4.43. The maximum Gasteiger partial charge on any atom is 0.323 e. The van der Waals surface area contributed by atoms with Crippen LogP contribution in [0.25, 0.3) is 0 Å². The van der Waals surface area contributed by atoms with Crippen molar-refractivity contribution in [3.63, 3.8) is 0 Å². The van der Waals surface area contributed by atoms with Crippen LogP contribution in [0.3, 0.4) is 0 Å². The Morgan fingerprint density at radius 2 is 1.90 bits per heavy atom. The highest BCUT2D eigenvalue weighted by molar-refractivity contribution is 5.80. The first kappa shape index (κ1) is 16.0. The van der Waals surface area contributed by atoms with Crippen LogP contribution in [0.5, 0.6) is 0 Å². The minimum absolute atomic E-state index is 0.251. The molecule has 0 heterocycles. The highest BCUT2D eigenvalue weighted by Crippen LogP contribution is 2.05. The summed E-state index contributed by atoms with van der Waals surface area (Å²) >= 11 is 0. The molecular formula is C14H20N2O4. The first-order valence-electron chi connectivity index (χ1n) is 6.29. The van der Waals surface area contributed by atoms with E-state index in [2.05, 4.69) is 0 Å². The van der Waals surface area contributed by atoms with Gasteiger partial charge in [0.25, 0.3) is 0 Å². The average Bonchev–Trinajstić information content (AvgIpc) is 2.43. The summed E-state index contributed by atoms with van der Waals surface area (Å²) in [5.41, 5.74) is 0.991. The van der Waals surface area contributed by atoms with Crippen molar-refractivity contribution in [3.8, 4) is 0 Å². The monoisotopic (exact) mass is 280 g/mol. The second-order valence-corrected chi connectivity index (χ2v) is 4.43. The zero-order valence-corrected chi connectivity index (χ0v) is 11.8. The molecule has 20 heavy (non-hydrogen) atoms. The summed E-state index contributed by atoms with van der Waals surface area (Å²) < 4.78 is 4.90. The summed E-state index contributed by atoms with van der Waals surface area (Å²) in [5, 5.41) is 8.85. The highest BCUT2D eigenvalue weighted by atomic mass is 16.5. The fourth-order valence-corrected chi connectivity index (χ4v) is 1.77. The summed E-state index contributed by atoms with van der Waals surface area (Å²) in [6, 6.07) is 9.20. The lowest BCUT2D eigenvalue weighted by molar-refractivity contribution is -0.137. The fourth-order valence-electron chi connectivity index (χ4n) is 1.77. The molecular weight excluding hydrogens is 260 g/mol. The molecule has 0 bridgehead atoms. The Hall–Kier alpha value is -2.08. The molecule has 0 spiro atoms. The molecule has 0 aromatic heterocycles. The molecule has 0 aliphatic rings. The number of urea groups is 1. The van der Waals surface area contributed by atoms with Crippen molar-refractivity contribution in [2.45, 2.75) is 6.54 Å². The molecule has 0 fully saturated rings. The zero-order chi connectivity index (χ0) is 15.0. The van der Waals surface area contributed by atoms with E-state index >= 15 is 0 Å². The summed E-state index contributed by atoms with van der Waals surface area (Å²) in [6.45, 7) is 0.656. The van der Waals surface area contributed by atoms with E-state index in [1.807, 2.05) is 30.3 Å². The van der Waals surface area contributed by atoms with Crippen LogP contribution in [0.1, 0.15) is 5.56 Å². The lowest BCUT2D eigenvalue weighted by Crippen LogP contribution is -2.44. The molecule has 110 valence electrons. The number of aliphatic carboxylic acids is 1. The number of amides is 2. The molecule has 0 saturated carbocycles. The molecule has 0 unspecified atom stereocenters. The van der Waals surface area contributed by atoms with Crippen molar-refractivity contribution < 1.29 is 19.4 Å². The molecule has 0 atom stereocenters. The van der Waals surface area contributed by atoms with Crippen LogP contribution in [-0.2, 0) is 16.1 Å². The molecule has 1 aromatic rings. The van der Waals surface area contributed by atoms with Crippen molar-refractivity contribution in [2.24, 2.45) is 0 Å². The van der Waals surface area contributed by atoms with Gasteiger partial charge in [-0.2, -0.15) is 0 Å². The fraction of sp³-hybridized carbons (Fsp3) is 0.429. The van der Waals surface area contributed by atoms with E-state index in [1.54, 1.807) is 7.05 Å². The van der Waals surface area contributed by atoms with Gasteiger partial charge in [-0.25, -0.2) is 4.79 Å². The predicted octanol–water partition coefficient (Wildman–Crippen LogP) is 1.27. The third-order valence-corrected chi connectivity index (χ3v) is 2.75. The second kappa shape index (κ2) is 8.16. The molecule has 0 aliphatic heterocycles. The number of nitrogens with zero attached hydrogens (tertiary/aromatic N) is 2. The van der Waals surface area contributed by atoms with Crippen molar-refractivity contribution in [3.05, 3.63) is 35.9 Å². The number of carbonyl (C=O) groups excluding carboxylic acids is 1. The van der Waals surface area contributed by atoms with Crippen LogP contribution in [-0.4, -0.2) is 60.8 Å². The van der Waals surface area contributed by atoms with E-state index < -0.39 is 5.97 Å². The zero-order valence-electron chi connectivity index (χ0n) is 11.8. The van der Waals surface area contributed by atoms with Gasteiger partial charge in [0.2, 0.25) is 0 Å². The molecule has 0 aliphatic carbocycles. The number of carboxylic acids is 1. The molecule has 2 amide bonds. The van der Waals surface area contributed by atoms with Gasteiger partial charge < -0.3 is 19.6 Å². The number of hydrogen-bond acceptors (Lipinski definition) is 3. The Kier molecular flexibility index (Phi) is 6.52. The van der Waals surface area contributed by atoms with Gasteiger partial charge >= 0.3 is 12.0 Å². The largest absolute Gasteiger partial charge is 0.480 e. The van der Waals surface area contributed by atoms with E-state index in [4.69, 9.17) is 9.84 Å². The molecule has 1 N–H and O–H groups in total. The SMILES string of the molecule is COCCN(CC(=O)O)C(=O)N(C)Cc1ccccc1. The van der Waals surface area contributed by atoms with E-state index in [9.17, 15) is 9.59 Å². The topological polar surface area (TPSA) is 70.1 Å². The van der Waals surface area contributed by atoms with Gasteiger partial charge in [-0.1, -0.05) is 30.3 Å². The molecule has 1 aromatic carbocycles. The Morgan fingerprint density at radius 3 is 2.45 bits per heavy atom. The average molecular weight is 280 g/mol. The minimum atomic E-state index is -1.04. The molecule has 1 rings (SSSR count). The number of ether oxygens (including phenoxy) is 1. The quantitative estimate of drug-likeness (QED) is 0.816. The Morgan fingerprint density at radius 1 is 1.25 bits per heavy atom. The third kappa shape index (κ3) is 5.27. The molecule has 0 radical (unpaired) electrons. The lowest BCUT2D eigenvalue weighted by Gasteiger charge is -2.26. The Balaban J connectivity index is 2.64. The number of benzene rings is 1. The van der Waals surface area contributed by atoms with Gasteiger partial charge in [0.1, 0.15) is 6.54 Å². The first-order chi connectivity index (χ1) is 9.54. The smallest absolute Gasteiger partial charge is 0.323 e. The molecule has 6 heteroatoms. The standard InChI is InChI=1S/C14H20N2O4/c1-15(10-12-6-4-3-5-7-12)14(19)16(8-9-20-2)11-13(17)18/h3-7H,8-11H2,1-2H3,(H,17,18). The molecule has 6 nitrogen and oxygen atoms in total. The van der Waals surface area contributed by atoms with Gasteiger partial charge in [-0.3, -0.25) is 4.79 Å². The van der Waals surface area contributed by atoms with E-state index in [1.165, 1.54) is 16.9 Å². The van der Waals surface area contributed by atoms with Crippen LogP contribution in [0.4, 0.5) is 4.79 Å². The van der Waals surface area contributed by atoms with Gasteiger partial charge in [0, 0.05) is 27.2 Å². The maximum absolute atomic E-state index is 12.2. The van der Waals surface area contributed by atoms with Crippen LogP contribution in [0.15, 0.2) is 30.3 Å². The Bertz CT molecular complexity index is 436. The Labute approximate surface area is 118 Å². The van der Waals surface area contributed by atoms with Crippen molar-refractivity contribution in [2.75, 3.05) is 33.9 Å².